The molecule has 0 aliphatic rings. The van der Waals surface area contributed by atoms with Crippen LogP contribution in [-0.4, -0.2) is 27.0 Å². The van der Waals surface area contributed by atoms with Gasteiger partial charge < -0.3 is 4.74 Å². The molecule has 0 heterocycles. The summed E-state index contributed by atoms with van der Waals surface area (Å²) in [5, 5.41) is 0. The third-order valence-corrected chi connectivity index (χ3v) is 4.12. The predicted octanol–water partition coefficient (Wildman–Crippen LogP) is 1.94. The summed E-state index contributed by atoms with van der Waals surface area (Å²) in [5.41, 5.74) is 0. The van der Waals surface area contributed by atoms with Gasteiger partial charge in [0.25, 0.3) is 0 Å². The molecule has 0 unspecified atom stereocenters. The maximum atomic E-state index is 12.2. The van der Waals surface area contributed by atoms with Crippen molar-refractivity contribution in [2.24, 2.45) is 5.92 Å². The Bertz CT molecular complexity index is 525. The lowest BCUT2D eigenvalue weighted by Crippen LogP contribution is -2.42. The molecule has 1 atom stereocenters. The minimum absolute atomic E-state index is 0.137. The van der Waals surface area contributed by atoms with Gasteiger partial charge in [-0.3, -0.25) is 4.79 Å². The minimum Gasteiger partial charge on any atom is -0.465 e. The molecule has 0 aliphatic heterocycles. The zero-order chi connectivity index (χ0) is 15.2. The zero-order valence-electron chi connectivity index (χ0n) is 12.0. The van der Waals surface area contributed by atoms with Gasteiger partial charge in [-0.05, 0) is 31.4 Å². The number of hydrogen-bond donors (Lipinski definition) is 1. The molecule has 0 aliphatic carbocycles. The molecule has 5 nitrogen and oxygen atoms in total. The molecule has 1 aromatic carbocycles. The Morgan fingerprint density at radius 2 is 1.85 bits per heavy atom. The molecular formula is C14H21NO4S. The van der Waals surface area contributed by atoms with Crippen molar-refractivity contribution in [2.45, 2.75) is 38.1 Å². The molecule has 0 aromatic heterocycles. The zero-order valence-corrected chi connectivity index (χ0v) is 12.8. The van der Waals surface area contributed by atoms with Crippen molar-refractivity contribution >= 4 is 16.0 Å². The Morgan fingerprint density at radius 3 is 2.35 bits per heavy atom. The van der Waals surface area contributed by atoms with Crippen molar-refractivity contribution in [3.05, 3.63) is 30.3 Å². The Balaban J connectivity index is 2.91. The van der Waals surface area contributed by atoms with Crippen LogP contribution in [-0.2, 0) is 19.6 Å². The van der Waals surface area contributed by atoms with Crippen LogP contribution < -0.4 is 4.72 Å². The van der Waals surface area contributed by atoms with E-state index < -0.39 is 22.0 Å². The monoisotopic (exact) mass is 299 g/mol. The van der Waals surface area contributed by atoms with Crippen molar-refractivity contribution in [3.8, 4) is 0 Å². The Kier molecular flexibility index (Phi) is 6.16. The van der Waals surface area contributed by atoms with Gasteiger partial charge in [0.2, 0.25) is 10.0 Å². The second-order valence-corrected chi connectivity index (χ2v) is 6.58. The number of hydrogen-bond acceptors (Lipinski definition) is 4. The molecule has 1 aromatic rings. The topological polar surface area (TPSA) is 72.5 Å². The summed E-state index contributed by atoms with van der Waals surface area (Å²) in [5.74, 6) is -0.372. The quantitative estimate of drug-likeness (QED) is 0.781. The molecule has 0 radical (unpaired) electrons. The van der Waals surface area contributed by atoms with Gasteiger partial charge in [0.15, 0.2) is 0 Å². The van der Waals surface area contributed by atoms with Gasteiger partial charge in [-0.2, -0.15) is 4.72 Å². The van der Waals surface area contributed by atoms with E-state index in [1.807, 2.05) is 13.8 Å². The van der Waals surface area contributed by atoms with Crippen LogP contribution in [0.4, 0.5) is 0 Å². The number of carbonyl (C=O) groups excluding carboxylic acids is 1. The van der Waals surface area contributed by atoms with E-state index in [0.717, 1.165) is 0 Å². The van der Waals surface area contributed by atoms with Crippen LogP contribution in [0.5, 0.6) is 0 Å². The van der Waals surface area contributed by atoms with Crippen molar-refractivity contribution in [3.63, 3.8) is 0 Å². The van der Waals surface area contributed by atoms with Gasteiger partial charge in [0, 0.05) is 0 Å². The number of nitrogens with one attached hydrogen (secondary N) is 1. The number of ether oxygens (including phenoxy) is 1. The number of sulfonamides is 1. The van der Waals surface area contributed by atoms with Crippen molar-refractivity contribution in [1.82, 2.24) is 4.72 Å². The Morgan fingerprint density at radius 1 is 1.25 bits per heavy atom. The Labute approximate surface area is 120 Å². The number of benzene rings is 1. The first-order valence-corrected chi connectivity index (χ1v) is 8.09. The largest absolute Gasteiger partial charge is 0.465 e. The first-order chi connectivity index (χ1) is 9.36. The molecule has 1 rings (SSSR count). The Hall–Kier alpha value is -1.40. The molecule has 1 N–H and O–H groups in total. The summed E-state index contributed by atoms with van der Waals surface area (Å²) >= 11 is 0. The molecular weight excluding hydrogens is 278 g/mol. The van der Waals surface area contributed by atoms with Gasteiger partial charge in [0.1, 0.15) is 6.04 Å². The summed E-state index contributed by atoms with van der Waals surface area (Å²) in [6.45, 7) is 5.75. The van der Waals surface area contributed by atoms with E-state index in [1.165, 1.54) is 12.1 Å². The lowest BCUT2D eigenvalue weighted by atomic mass is 10.1. The number of esters is 1. The van der Waals surface area contributed by atoms with Gasteiger partial charge >= 0.3 is 5.97 Å². The van der Waals surface area contributed by atoms with Crippen molar-refractivity contribution in [2.75, 3.05) is 6.61 Å². The van der Waals surface area contributed by atoms with E-state index in [4.69, 9.17) is 4.74 Å². The maximum Gasteiger partial charge on any atom is 0.324 e. The summed E-state index contributed by atoms with van der Waals surface area (Å²) in [6.07, 6.45) is 0.394. The standard InChI is InChI=1S/C14H21NO4S/c1-4-19-14(16)13(10-11(2)3)15-20(17,18)12-8-6-5-7-9-12/h5-9,11,13,15H,4,10H2,1-3H3/t13-/m1/s1. The smallest absolute Gasteiger partial charge is 0.324 e. The van der Waals surface area contributed by atoms with E-state index in [9.17, 15) is 13.2 Å². The lowest BCUT2D eigenvalue weighted by Gasteiger charge is -2.19. The molecule has 0 spiro atoms. The molecule has 6 heteroatoms. The van der Waals surface area contributed by atoms with Crippen LogP contribution in [0.3, 0.4) is 0 Å². The normalized spacial score (nSPS) is 13.2. The molecule has 0 amide bonds. The molecule has 0 fully saturated rings. The average Bonchev–Trinajstić information content (AvgIpc) is 2.38. The highest BCUT2D eigenvalue weighted by Crippen LogP contribution is 2.12. The van der Waals surface area contributed by atoms with Crippen molar-refractivity contribution < 1.29 is 17.9 Å². The minimum atomic E-state index is -3.72. The van der Waals surface area contributed by atoms with Gasteiger partial charge in [-0.25, -0.2) is 8.42 Å². The summed E-state index contributed by atoms with van der Waals surface area (Å²) in [7, 11) is -3.72. The molecule has 0 saturated heterocycles. The van der Waals surface area contributed by atoms with E-state index in [2.05, 4.69) is 4.72 Å². The molecule has 112 valence electrons. The summed E-state index contributed by atoms with van der Waals surface area (Å²) in [6, 6.07) is 7.11. The second-order valence-electron chi connectivity index (χ2n) is 4.87. The first kappa shape index (κ1) is 16.7. The summed E-state index contributed by atoms with van der Waals surface area (Å²) < 4.78 is 31.8. The fourth-order valence-corrected chi connectivity index (χ4v) is 2.98. The fourth-order valence-electron chi connectivity index (χ4n) is 1.76. The van der Waals surface area contributed by atoms with Crippen LogP contribution in [0.25, 0.3) is 0 Å². The summed E-state index contributed by atoms with van der Waals surface area (Å²) in [4.78, 5) is 12.0. The average molecular weight is 299 g/mol. The highest BCUT2D eigenvalue weighted by Gasteiger charge is 2.27. The number of carbonyl (C=O) groups is 1. The second kappa shape index (κ2) is 7.40. The van der Waals surface area contributed by atoms with Gasteiger partial charge in [-0.15, -0.1) is 0 Å². The van der Waals surface area contributed by atoms with Crippen LogP contribution in [0.1, 0.15) is 27.2 Å². The molecule has 0 bridgehead atoms. The first-order valence-electron chi connectivity index (χ1n) is 6.60. The predicted molar refractivity (Wildman–Crippen MR) is 76.6 cm³/mol. The van der Waals surface area contributed by atoms with Crippen LogP contribution in [0.15, 0.2) is 35.2 Å². The fraction of sp³-hybridized carbons (Fsp3) is 0.500. The SMILES string of the molecule is CCOC(=O)[C@@H](CC(C)C)NS(=O)(=O)c1ccccc1. The third kappa shape index (κ3) is 4.94. The van der Waals surface area contributed by atoms with E-state index in [0.29, 0.717) is 6.42 Å². The van der Waals surface area contributed by atoms with Crippen molar-refractivity contribution in [1.29, 1.82) is 0 Å². The highest BCUT2D eigenvalue weighted by molar-refractivity contribution is 7.89. The van der Waals surface area contributed by atoms with Gasteiger partial charge in [0.05, 0.1) is 11.5 Å². The van der Waals surface area contributed by atoms with Crippen LogP contribution >= 0.6 is 0 Å². The highest BCUT2D eigenvalue weighted by atomic mass is 32.2. The molecule has 20 heavy (non-hydrogen) atoms. The lowest BCUT2D eigenvalue weighted by molar-refractivity contribution is -0.145. The van der Waals surface area contributed by atoms with E-state index >= 15 is 0 Å². The van der Waals surface area contributed by atoms with Crippen LogP contribution in [0.2, 0.25) is 0 Å². The molecule has 0 saturated carbocycles. The number of rotatable bonds is 7. The third-order valence-electron chi connectivity index (χ3n) is 2.63. The maximum absolute atomic E-state index is 12.2. The van der Waals surface area contributed by atoms with E-state index in [-0.39, 0.29) is 17.4 Å². The van der Waals surface area contributed by atoms with Gasteiger partial charge in [-0.1, -0.05) is 32.0 Å². The van der Waals surface area contributed by atoms with E-state index in [1.54, 1.807) is 25.1 Å². The van der Waals surface area contributed by atoms with Crippen LogP contribution in [0, 0.1) is 5.92 Å².